The topological polar surface area (TPSA) is 61.6 Å². The molecule has 3 aromatic rings. The van der Waals surface area contributed by atoms with Gasteiger partial charge >= 0.3 is 0 Å². The number of rotatable bonds is 6. The number of hydrogen-bond acceptors (Lipinski definition) is 5. The normalized spacial score (nSPS) is 15.3. The smallest absolute Gasteiger partial charge is 0.238 e. The van der Waals surface area contributed by atoms with Crippen LogP contribution in [-0.2, 0) is 11.3 Å². The molecule has 1 saturated heterocycles. The monoisotopic (exact) mass is 428 g/mol. The van der Waals surface area contributed by atoms with Gasteiger partial charge in [-0.15, -0.1) is 0 Å². The highest BCUT2D eigenvalue weighted by Crippen LogP contribution is 2.20. The highest BCUT2D eigenvalue weighted by Gasteiger charge is 2.20. The van der Waals surface area contributed by atoms with Gasteiger partial charge in [-0.1, -0.05) is 41.9 Å². The van der Waals surface area contributed by atoms with Gasteiger partial charge in [-0.2, -0.15) is 0 Å². The third-order valence-electron chi connectivity index (χ3n) is 4.96. The lowest BCUT2D eigenvalue weighted by Gasteiger charge is -2.33. The lowest BCUT2D eigenvalue weighted by Crippen LogP contribution is -2.48. The number of piperazine rings is 1. The summed E-state index contributed by atoms with van der Waals surface area (Å²) in [6.07, 6.45) is 1.68. The van der Waals surface area contributed by atoms with Crippen LogP contribution in [0.2, 0.25) is 5.02 Å². The van der Waals surface area contributed by atoms with Crippen LogP contribution < -0.4 is 5.32 Å². The average Bonchev–Trinajstić information content (AvgIpc) is 3.18. The minimum atomic E-state index is -0.478. The van der Waals surface area contributed by atoms with Gasteiger partial charge in [0.15, 0.2) is 0 Å². The lowest BCUT2D eigenvalue weighted by atomic mass is 10.2. The summed E-state index contributed by atoms with van der Waals surface area (Å²) in [4.78, 5) is 21.2. The Hall–Kier alpha value is -2.74. The van der Waals surface area contributed by atoms with Gasteiger partial charge in [0, 0.05) is 42.5 Å². The van der Waals surface area contributed by atoms with E-state index in [4.69, 9.17) is 16.0 Å². The molecule has 0 spiro atoms. The second kappa shape index (κ2) is 9.38. The molecule has 2 heterocycles. The Morgan fingerprint density at radius 2 is 1.83 bits per heavy atom. The van der Waals surface area contributed by atoms with Crippen molar-refractivity contribution in [2.24, 2.45) is 0 Å². The Kier molecular flexibility index (Phi) is 6.42. The average molecular weight is 429 g/mol. The first-order valence-electron chi connectivity index (χ1n) is 9.76. The summed E-state index contributed by atoms with van der Waals surface area (Å²) in [5.41, 5.74) is 2.23. The minimum absolute atomic E-state index is 0.190. The van der Waals surface area contributed by atoms with Gasteiger partial charge in [-0.3, -0.25) is 14.6 Å². The summed E-state index contributed by atoms with van der Waals surface area (Å²) in [6.45, 7) is 4.01. The third-order valence-corrected chi connectivity index (χ3v) is 5.18. The van der Waals surface area contributed by atoms with Crippen LogP contribution in [0.15, 0.2) is 59.2 Å². The number of carbonyl (C=O) groups is 1. The molecule has 1 aromatic heterocycles. The predicted molar refractivity (Wildman–Crippen MR) is 114 cm³/mol. The maximum absolute atomic E-state index is 13.4. The fraction of sp³-hybridized carbons (Fsp3) is 0.273. The van der Waals surface area contributed by atoms with E-state index >= 15 is 0 Å². The van der Waals surface area contributed by atoms with Crippen molar-refractivity contribution >= 4 is 23.2 Å². The quantitative estimate of drug-likeness (QED) is 0.645. The first-order valence-corrected chi connectivity index (χ1v) is 10.1. The van der Waals surface area contributed by atoms with Gasteiger partial charge < -0.3 is 9.73 Å². The molecule has 0 aliphatic carbocycles. The van der Waals surface area contributed by atoms with Crippen molar-refractivity contribution in [1.29, 1.82) is 0 Å². The maximum atomic E-state index is 13.4. The van der Waals surface area contributed by atoms with Crippen LogP contribution >= 0.6 is 11.6 Å². The van der Waals surface area contributed by atoms with Crippen LogP contribution in [-0.4, -0.2) is 53.4 Å². The maximum Gasteiger partial charge on any atom is 0.238 e. The molecular weight excluding hydrogens is 407 g/mol. The molecule has 30 heavy (non-hydrogen) atoms. The molecule has 1 aliphatic heterocycles. The second-order valence-corrected chi connectivity index (χ2v) is 7.69. The van der Waals surface area contributed by atoms with Crippen LogP contribution in [0.1, 0.15) is 5.89 Å². The molecule has 0 bridgehead atoms. The van der Waals surface area contributed by atoms with Crippen molar-refractivity contribution < 1.29 is 13.6 Å². The van der Waals surface area contributed by atoms with Crippen LogP contribution in [0.4, 0.5) is 10.1 Å². The number of benzene rings is 2. The van der Waals surface area contributed by atoms with E-state index in [1.807, 2.05) is 30.3 Å². The molecule has 8 heteroatoms. The Labute approximate surface area is 179 Å². The molecule has 0 radical (unpaired) electrons. The SMILES string of the molecule is O=C(CN1CCN(Cc2nc(-c3ccccc3)co2)CC1)Nc1cc(F)cc(Cl)c1. The molecule has 0 saturated carbocycles. The van der Waals surface area contributed by atoms with Crippen LogP contribution in [0.3, 0.4) is 0 Å². The number of halogens is 2. The van der Waals surface area contributed by atoms with Gasteiger partial charge in [-0.25, -0.2) is 9.37 Å². The summed E-state index contributed by atoms with van der Waals surface area (Å²) < 4.78 is 19.0. The van der Waals surface area contributed by atoms with Crippen molar-refractivity contribution in [3.05, 3.63) is 71.5 Å². The number of hydrogen-bond donors (Lipinski definition) is 1. The summed E-state index contributed by atoms with van der Waals surface area (Å²) in [5, 5.41) is 2.95. The van der Waals surface area contributed by atoms with E-state index in [2.05, 4.69) is 20.1 Å². The molecule has 1 amide bonds. The largest absolute Gasteiger partial charge is 0.447 e. The summed E-state index contributed by atoms with van der Waals surface area (Å²) in [7, 11) is 0. The van der Waals surface area contributed by atoms with Crippen LogP contribution in [0.25, 0.3) is 11.3 Å². The summed E-state index contributed by atoms with van der Waals surface area (Å²) in [6, 6.07) is 13.9. The van der Waals surface area contributed by atoms with Crippen molar-refractivity contribution in [2.45, 2.75) is 6.54 Å². The molecule has 0 atom stereocenters. The van der Waals surface area contributed by atoms with E-state index in [0.29, 0.717) is 18.1 Å². The van der Waals surface area contributed by atoms with E-state index in [0.717, 1.165) is 37.4 Å². The molecule has 6 nitrogen and oxygen atoms in total. The van der Waals surface area contributed by atoms with Gasteiger partial charge in [0.05, 0.1) is 13.1 Å². The molecule has 2 aromatic carbocycles. The fourth-order valence-electron chi connectivity index (χ4n) is 3.45. The molecule has 1 aliphatic rings. The first-order chi connectivity index (χ1) is 14.5. The molecule has 1 N–H and O–H groups in total. The van der Waals surface area contributed by atoms with E-state index < -0.39 is 5.82 Å². The zero-order valence-corrected chi connectivity index (χ0v) is 17.1. The van der Waals surface area contributed by atoms with Crippen LogP contribution in [0.5, 0.6) is 0 Å². The summed E-state index contributed by atoms with van der Waals surface area (Å²) in [5.74, 6) is 0.0155. The highest BCUT2D eigenvalue weighted by atomic mass is 35.5. The standard InChI is InChI=1S/C22H22ClFN4O2/c23-17-10-18(24)12-19(11-17)25-21(29)13-27-6-8-28(9-7-27)14-22-26-20(15-30-22)16-4-2-1-3-5-16/h1-5,10-12,15H,6-9,13-14H2,(H,25,29). The molecule has 0 unspecified atom stereocenters. The zero-order valence-electron chi connectivity index (χ0n) is 16.4. The van der Waals surface area contributed by atoms with Crippen molar-refractivity contribution in [3.63, 3.8) is 0 Å². The van der Waals surface area contributed by atoms with E-state index in [9.17, 15) is 9.18 Å². The van der Waals surface area contributed by atoms with Gasteiger partial charge in [0.2, 0.25) is 11.8 Å². The number of nitrogens with one attached hydrogen (secondary N) is 1. The van der Waals surface area contributed by atoms with Crippen molar-refractivity contribution in [2.75, 3.05) is 38.0 Å². The van der Waals surface area contributed by atoms with Gasteiger partial charge in [-0.05, 0) is 18.2 Å². The zero-order chi connectivity index (χ0) is 20.9. The summed E-state index contributed by atoms with van der Waals surface area (Å²) >= 11 is 5.82. The van der Waals surface area contributed by atoms with Crippen LogP contribution in [0, 0.1) is 5.82 Å². The van der Waals surface area contributed by atoms with E-state index in [1.165, 1.54) is 18.2 Å². The minimum Gasteiger partial charge on any atom is -0.447 e. The molecule has 156 valence electrons. The number of anilines is 1. The Balaban J connectivity index is 1.24. The van der Waals surface area contributed by atoms with E-state index in [1.54, 1.807) is 6.26 Å². The van der Waals surface area contributed by atoms with E-state index in [-0.39, 0.29) is 17.5 Å². The molecule has 4 rings (SSSR count). The predicted octanol–water partition coefficient (Wildman–Crippen LogP) is 3.89. The highest BCUT2D eigenvalue weighted by molar-refractivity contribution is 6.30. The number of oxazole rings is 1. The van der Waals surface area contributed by atoms with Crippen molar-refractivity contribution in [1.82, 2.24) is 14.8 Å². The Morgan fingerprint density at radius 1 is 1.10 bits per heavy atom. The fourth-order valence-corrected chi connectivity index (χ4v) is 3.67. The van der Waals surface area contributed by atoms with Crippen molar-refractivity contribution in [3.8, 4) is 11.3 Å². The first kappa shape index (κ1) is 20.5. The number of amides is 1. The van der Waals surface area contributed by atoms with Gasteiger partial charge in [0.25, 0.3) is 0 Å². The lowest BCUT2D eigenvalue weighted by molar-refractivity contribution is -0.117. The molecule has 1 fully saturated rings. The number of carbonyl (C=O) groups excluding carboxylic acids is 1. The third kappa shape index (κ3) is 5.44. The second-order valence-electron chi connectivity index (χ2n) is 7.25. The van der Waals surface area contributed by atoms with Gasteiger partial charge in [0.1, 0.15) is 17.8 Å². The molecular formula is C22H22ClFN4O2. The number of nitrogens with zero attached hydrogens (tertiary/aromatic N) is 3. The Morgan fingerprint density at radius 3 is 2.57 bits per heavy atom. The number of aromatic nitrogens is 1. The Bertz CT molecular complexity index is 983.